The number of phenols is 2. The fourth-order valence-electron chi connectivity index (χ4n) is 2.08. The molecule has 0 bridgehead atoms. The molecule has 3 N–H and O–H groups in total. The molecule has 0 radical (unpaired) electrons. The molecule has 0 fully saturated rings. The van der Waals surface area contributed by atoms with Crippen molar-refractivity contribution in [3.8, 4) is 11.5 Å². The number of aryl methyl sites for hydroxylation is 2. The zero-order valence-electron chi connectivity index (χ0n) is 11.5. The van der Waals surface area contributed by atoms with E-state index in [1.807, 2.05) is 51.1 Å². The second-order valence-electron chi connectivity index (χ2n) is 4.84. The summed E-state index contributed by atoms with van der Waals surface area (Å²) in [6.45, 7) is 6.15. The predicted molar refractivity (Wildman–Crippen MR) is 77.8 cm³/mol. The summed E-state index contributed by atoms with van der Waals surface area (Å²) in [5, 5.41) is 23.1. The van der Waals surface area contributed by atoms with Gasteiger partial charge in [-0.25, -0.2) is 0 Å². The van der Waals surface area contributed by atoms with Crippen LogP contribution in [0.5, 0.6) is 11.5 Å². The van der Waals surface area contributed by atoms with E-state index in [2.05, 4.69) is 5.32 Å². The van der Waals surface area contributed by atoms with Gasteiger partial charge in [0.25, 0.3) is 0 Å². The molecule has 0 saturated heterocycles. The molecular weight excluding hydrogens is 238 g/mol. The predicted octanol–water partition coefficient (Wildman–Crippen LogP) is 3.64. The maximum atomic E-state index is 9.95. The largest absolute Gasteiger partial charge is 0.507 e. The Morgan fingerprint density at radius 3 is 2.32 bits per heavy atom. The third-order valence-corrected chi connectivity index (χ3v) is 3.42. The van der Waals surface area contributed by atoms with Crippen molar-refractivity contribution in [2.75, 3.05) is 5.32 Å². The van der Waals surface area contributed by atoms with Crippen molar-refractivity contribution in [2.24, 2.45) is 0 Å². The van der Waals surface area contributed by atoms with E-state index in [0.717, 1.165) is 27.9 Å². The monoisotopic (exact) mass is 257 g/mol. The Morgan fingerprint density at radius 1 is 0.895 bits per heavy atom. The minimum atomic E-state index is 0.318. The van der Waals surface area contributed by atoms with Crippen molar-refractivity contribution in [2.45, 2.75) is 27.3 Å². The Kier molecular flexibility index (Phi) is 3.65. The number of benzene rings is 2. The van der Waals surface area contributed by atoms with E-state index in [1.165, 1.54) is 0 Å². The van der Waals surface area contributed by atoms with Gasteiger partial charge in [-0.3, -0.25) is 0 Å². The molecule has 0 aliphatic carbocycles. The quantitative estimate of drug-likeness (QED) is 0.787. The summed E-state index contributed by atoms with van der Waals surface area (Å²) in [4.78, 5) is 0. The smallest absolute Gasteiger partial charge is 0.123 e. The highest BCUT2D eigenvalue weighted by atomic mass is 16.3. The fourth-order valence-corrected chi connectivity index (χ4v) is 2.08. The molecule has 19 heavy (non-hydrogen) atoms. The number of para-hydroxylation sites is 1. The minimum absolute atomic E-state index is 0.318. The van der Waals surface area contributed by atoms with E-state index in [-0.39, 0.29) is 0 Å². The van der Waals surface area contributed by atoms with Crippen LogP contribution in [0.3, 0.4) is 0 Å². The topological polar surface area (TPSA) is 52.5 Å². The molecule has 0 unspecified atom stereocenters. The number of anilines is 1. The van der Waals surface area contributed by atoms with Gasteiger partial charge in [-0.1, -0.05) is 24.3 Å². The highest BCUT2D eigenvalue weighted by Crippen LogP contribution is 2.29. The lowest BCUT2D eigenvalue weighted by Crippen LogP contribution is -2.02. The van der Waals surface area contributed by atoms with Crippen LogP contribution in [0.4, 0.5) is 5.69 Å². The van der Waals surface area contributed by atoms with E-state index in [9.17, 15) is 10.2 Å². The molecule has 0 atom stereocenters. The molecule has 0 amide bonds. The number of hydrogen-bond acceptors (Lipinski definition) is 3. The lowest BCUT2D eigenvalue weighted by Gasteiger charge is -2.13. The summed E-state index contributed by atoms with van der Waals surface area (Å²) in [7, 11) is 0. The van der Waals surface area contributed by atoms with Crippen LogP contribution in [0.25, 0.3) is 0 Å². The maximum absolute atomic E-state index is 9.95. The highest BCUT2D eigenvalue weighted by molar-refractivity contribution is 5.59. The summed E-state index contributed by atoms with van der Waals surface area (Å²) in [5.41, 5.74) is 4.28. The standard InChI is InChI=1S/C16H19NO2/c1-10-5-4-6-13(16(10)19)9-17-14-8-7-11(2)15(18)12(14)3/h4-8,17-19H,9H2,1-3H3. The number of phenolic OH excluding ortho intramolecular Hbond substituents is 2. The van der Waals surface area contributed by atoms with Crippen LogP contribution in [-0.2, 0) is 6.54 Å². The molecule has 0 aliphatic rings. The van der Waals surface area contributed by atoms with Crippen molar-refractivity contribution in [3.63, 3.8) is 0 Å². The number of rotatable bonds is 3. The molecule has 0 heterocycles. The zero-order chi connectivity index (χ0) is 14.0. The molecular formula is C16H19NO2. The molecule has 100 valence electrons. The van der Waals surface area contributed by atoms with Gasteiger partial charge in [0.1, 0.15) is 11.5 Å². The lowest BCUT2D eigenvalue weighted by molar-refractivity contribution is 0.464. The summed E-state index contributed by atoms with van der Waals surface area (Å²) in [6.07, 6.45) is 0. The van der Waals surface area contributed by atoms with Crippen LogP contribution in [0.2, 0.25) is 0 Å². The van der Waals surface area contributed by atoms with E-state index in [0.29, 0.717) is 18.0 Å². The summed E-state index contributed by atoms with van der Waals surface area (Å²) >= 11 is 0. The van der Waals surface area contributed by atoms with Gasteiger partial charge in [-0.2, -0.15) is 0 Å². The van der Waals surface area contributed by atoms with Gasteiger partial charge >= 0.3 is 0 Å². The fraction of sp³-hybridized carbons (Fsp3) is 0.250. The van der Waals surface area contributed by atoms with Crippen molar-refractivity contribution >= 4 is 5.69 Å². The Labute approximate surface area is 113 Å². The van der Waals surface area contributed by atoms with Crippen molar-refractivity contribution in [1.29, 1.82) is 0 Å². The number of hydrogen-bond donors (Lipinski definition) is 3. The molecule has 0 saturated carbocycles. The SMILES string of the molecule is Cc1cccc(CNc2ccc(C)c(O)c2C)c1O. The Morgan fingerprint density at radius 2 is 1.58 bits per heavy atom. The zero-order valence-corrected chi connectivity index (χ0v) is 11.5. The first-order chi connectivity index (χ1) is 9.00. The molecule has 2 aromatic rings. The van der Waals surface area contributed by atoms with E-state index in [4.69, 9.17) is 0 Å². The van der Waals surface area contributed by atoms with Gasteiger partial charge < -0.3 is 15.5 Å². The number of nitrogens with one attached hydrogen (secondary N) is 1. The summed E-state index contributed by atoms with van der Waals surface area (Å²) in [5.74, 6) is 0.641. The minimum Gasteiger partial charge on any atom is -0.507 e. The molecule has 2 rings (SSSR count). The van der Waals surface area contributed by atoms with Crippen LogP contribution < -0.4 is 5.32 Å². The Hall–Kier alpha value is -2.16. The third kappa shape index (κ3) is 2.65. The first-order valence-electron chi connectivity index (χ1n) is 6.31. The van der Waals surface area contributed by atoms with Gasteiger partial charge in [-0.15, -0.1) is 0 Å². The lowest BCUT2D eigenvalue weighted by atomic mass is 10.1. The maximum Gasteiger partial charge on any atom is 0.123 e. The van der Waals surface area contributed by atoms with Crippen molar-refractivity contribution < 1.29 is 10.2 Å². The molecule has 0 aromatic heterocycles. The van der Waals surface area contributed by atoms with Crippen molar-refractivity contribution in [1.82, 2.24) is 0 Å². The Balaban J connectivity index is 2.20. The van der Waals surface area contributed by atoms with Gasteiger partial charge in [-0.05, 0) is 38.0 Å². The summed E-state index contributed by atoms with van der Waals surface area (Å²) < 4.78 is 0. The van der Waals surface area contributed by atoms with Crippen LogP contribution in [0.15, 0.2) is 30.3 Å². The number of aromatic hydroxyl groups is 2. The second-order valence-corrected chi connectivity index (χ2v) is 4.84. The van der Waals surface area contributed by atoms with Gasteiger partial charge in [0.2, 0.25) is 0 Å². The normalized spacial score (nSPS) is 10.5. The van der Waals surface area contributed by atoms with E-state index in [1.54, 1.807) is 0 Å². The van der Waals surface area contributed by atoms with Crippen molar-refractivity contribution in [3.05, 3.63) is 52.6 Å². The Bertz CT molecular complexity index is 606. The van der Waals surface area contributed by atoms with Crippen LogP contribution in [-0.4, -0.2) is 10.2 Å². The van der Waals surface area contributed by atoms with Crippen LogP contribution in [0, 0.1) is 20.8 Å². The highest BCUT2D eigenvalue weighted by Gasteiger charge is 2.07. The molecule has 3 nitrogen and oxygen atoms in total. The third-order valence-electron chi connectivity index (χ3n) is 3.42. The second kappa shape index (κ2) is 5.22. The van der Waals surface area contributed by atoms with Gasteiger partial charge in [0.15, 0.2) is 0 Å². The molecule has 3 heteroatoms. The molecule has 0 aliphatic heterocycles. The first-order valence-corrected chi connectivity index (χ1v) is 6.31. The van der Waals surface area contributed by atoms with Crippen LogP contribution in [0.1, 0.15) is 22.3 Å². The van der Waals surface area contributed by atoms with E-state index >= 15 is 0 Å². The molecule has 0 spiro atoms. The first kappa shape index (κ1) is 13.3. The van der Waals surface area contributed by atoms with Crippen LogP contribution >= 0.6 is 0 Å². The average molecular weight is 257 g/mol. The molecule has 2 aromatic carbocycles. The van der Waals surface area contributed by atoms with E-state index < -0.39 is 0 Å². The summed E-state index contributed by atoms with van der Waals surface area (Å²) in [6, 6.07) is 9.50. The van der Waals surface area contributed by atoms with Gasteiger partial charge in [0.05, 0.1) is 0 Å². The van der Waals surface area contributed by atoms with Gasteiger partial charge in [0, 0.05) is 23.4 Å². The average Bonchev–Trinajstić information content (AvgIpc) is 2.40.